The van der Waals surface area contributed by atoms with Crippen LogP contribution in [0.5, 0.6) is 0 Å². The van der Waals surface area contributed by atoms with Gasteiger partial charge >= 0.3 is 0 Å². The Morgan fingerprint density at radius 2 is 2.00 bits per heavy atom. The number of nitrogens with two attached hydrogens (primary N) is 1. The van der Waals surface area contributed by atoms with Crippen molar-refractivity contribution in [2.45, 2.75) is 32.4 Å². The highest BCUT2D eigenvalue weighted by Gasteiger charge is 2.21. The summed E-state index contributed by atoms with van der Waals surface area (Å²) in [5, 5.41) is 2.80. The molecule has 0 bridgehead atoms. The number of hydrogen-bond acceptors (Lipinski definition) is 3. The van der Waals surface area contributed by atoms with Crippen LogP contribution in [0.2, 0.25) is 0 Å². The summed E-state index contributed by atoms with van der Waals surface area (Å²) in [6.07, 6.45) is 0. The highest BCUT2D eigenvalue weighted by Crippen LogP contribution is 2.07. The second-order valence-electron chi connectivity index (χ2n) is 4.21. The average molecular weight is 187 g/mol. The van der Waals surface area contributed by atoms with E-state index in [0.717, 1.165) is 0 Å². The first-order valence-electron chi connectivity index (χ1n) is 4.48. The SMILES string of the molecule is CC(N)C(=O)NCC(C)(C)N(C)C. The van der Waals surface area contributed by atoms with Crippen LogP contribution < -0.4 is 11.1 Å². The Balaban J connectivity index is 3.95. The highest BCUT2D eigenvalue weighted by molar-refractivity contribution is 5.81. The van der Waals surface area contributed by atoms with Gasteiger partial charge in [-0.25, -0.2) is 0 Å². The molecule has 0 aromatic heterocycles. The monoisotopic (exact) mass is 187 g/mol. The van der Waals surface area contributed by atoms with Crippen molar-refractivity contribution in [1.29, 1.82) is 0 Å². The summed E-state index contributed by atoms with van der Waals surface area (Å²) in [4.78, 5) is 13.2. The molecule has 4 nitrogen and oxygen atoms in total. The predicted molar refractivity (Wildman–Crippen MR) is 54.4 cm³/mol. The van der Waals surface area contributed by atoms with Crippen LogP contribution in [0, 0.1) is 0 Å². The van der Waals surface area contributed by atoms with Gasteiger partial charge in [-0.15, -0.1) is 0 Å². The number of carbonyl (C=O) groups is 1. The summed E-state index contributed by atoms with van der Waals surface area (Å²) in [5.74, 6) is -0.102. The number of rotatable bonds is 4. The van der Waals surface area contributed by atoms with Gasteiger partial charge in [0.1, 0.15) is 0 Å². The second kappa shape index (κ2) is 4.58. The minimum Gasteiger partial charge on any atom is -0.353 e. The molecular formula is C9H21N3O. The van der Waals surface area contributed by atoms with Gasteiger partial charge in [-0.1, -0.05) is 0 Å². The van der Waals surface area contributed by atoms with Crippen LogP contribution in [-0.2, 0) is 4.79 Å². The summed E-state index contributed by atoms with van der Waals surface area (Å²) in [7, 11) is 3.97. The van der Waals surface area contributed by atoms with Gasteiger partial charge in [0.15, 0.2) is 0 Å². The fourth-order valence-corrected chi connectivity index (χ4v) is 0.623. The Labute approximate surface area is 80.5 Å². The van der Waals surface area contributed by atoms with Crippen molar-refractivity contribution < 1.29 is 4.79 Å². The van der Waals surface area contributed by atoms with Gasteiger partial charge in [0, 0.05) is 12.1 Å². The van der Waals surface area contributed by atoms with E-state index in [2.05, 4.69) is 24.1 Å². The van der Waals surface area contributed by atoms with E-state index in [9.17, 15) is 4.79 Å². The van der Waals surface area contributed by atoms with Gasteiger partial charge in [0.2, 0.25) is 5.91 Å². The lowest BCUT2D eigenvalue weighted by Crippen LogP contribution is -2.50. The summed E-state index contributed by atoms with van der Waals surface area (Å²) in [6.45, 7) is 6.42. The van der Waals surface area contributed by atoms with Crippen LogP contribution in [0.3, 0.4) is 0 Å². The fourth-order valence-electron chi connectivity index (χ4n) is 0.623. The van der Waals surface area contributed by atoms with E-state index in [4.69, 9.17) is 5.73 Å². The van der Waals surface area contributed by atoms with Crippen LogP contribution in [0.25, 0.3) is 0 Å². The lowest BCUT2D eigenvalue weighted by Gasteiger charge is -2.32. The fraction of sp³-hybridized carbons (Fsp3) is 0.889. The second-order valence-corrected chi connectivity index (χ2v) is 4.21. The van der Waals surface area contributed by atoms with Crippen molar-refractivity contribution >= 4 is 5.91 Å². The van der Waals surface area contributed by atoms with E-state index < -0.39 is 6.04 Å². The van der Waals surface area contributed by atoms with Gasteiger partial charge in [0.05, 0.1) is 6.04 Å². The smallest absolute Gasteiger partial charge is 0.236 e. The van der Waals surface area contributed by atoms with Crippen LogP contribution in [-0.4, -0.2) is 43.0 Å². The predicted octanol–water partition coefficient (Wildman–Crippen LogP) is -0.210. The highest BCUT2D eigenvalue weighted by atomic mass is 16.2. The van der Waals surface area contributed by atoms with Crippen molar-refractivity contribution in [3.8, 4) is 0 Å². The van der Waals surface area contributed by atoms with E-state index in [1.54, 1.807) is 6.92 Å². The van der Waals surface area contributed by atoms with Gasteiger partial charge < -0.3 is 16.0 Å². The average Bonchev–Trinajstić information content (AvgIpc) is 1.99. The van der Waals surface area contributed by atoms with Crippen LogP contribution in [0.15, 0.2) is 0 Å². The third-order valence-corrected chi connectivity index (χ3v) is 2.32. The molecule has 0 heterocycles. The quantitative estimate of drug-likeness (QED) is 0.640. The molecule has 0 rings (SSSR count). The summed E-state index contributed by atoms with van der Waals surface area (Å²) < 4.78 is 0. The van der Waals surface area contributed by atoms with Crippen molar-refractivity contribution in [2.24, 2.45) is 5.73 Å². The lowest BCUT2D eigenvalue weighted by atomic mass is 10.0. The van der Waals surface area contributed by atoms with Crippen molar-refractivity contribution in [1.82, 2.24) is 10.2 Å². The molecule has 3 N–H and O–H groups in total. The van der Waals surface area contributed by atoms with Gasteiger partial charge in [0.25, 0.3) is 0 Å². The molecule has 0 aliphatic carbocycles. The molecule has 1 atom stereocenters. The van der Waals surface area contributed by atoms with E-state index in [1.807, 2.05) is 14.1 Å². The minimum atomic E-state index is -0.432. The normalized spacial score (nSPS) is 14.4. The van der Waals surface area contributed by atoms with Crippen molar-refractivity contribution in [2.75, 3.05) is 20.6 Å². The Morgan fingerprint density at radius 3 is 2.31 bits per heavy atom. The van der Waals surface area contributed by atoms with Crippen molar-refractivity contribution in [3.05, 3.63) is 0 Å². The molecular weight excluding hydrogens is 166 g/mol. The number of carbonyl (C=O) groups excluding carboxylic acids is 1. The molecule has 0 saturated heterocycles. The molecule has 0 aromatic rings. The Bertz CT molecular complexity index is 176. The molecule has 1 unspecified atom stereocenters. The largest absolute Gasteiger partial charge is 0.353 e. The third kappa shape index (κ3) is 4.24. The molecule has 0 fully saturated rings. The Hall–Kier alpha value is -0.610. The first kappa shape index (κ1) is 12.4. The zero-order valence-electron chi connectivity index (χ0n) is 9.22. The molecule has 0 radical (unpaired) electrons. The molecule has 0 aliphatic heterocycles. The number of hydrogen-bond donors (Lipinski definition) is 2. The topological polar surface area (TPSA) is 58.4 Å². The van der Waals surface area contributed by atoms with Crippen LogP contribution in [0.1, 0.15) is 20.8 Å². The van der Waals surface area contributed by atoms with Gasteiger partial charge in [-0.3, -0.25) is 4.79 Å². The van der Waals surface area contributed by atoms with Crippen LogP contribution >= 0.6 is 0 Å². The molecule has 78 valence electrons. The van der Waals surface area contributed by atoms with Crippen LogP contribution in [0.4, 0.5) is 0 Å². The molecule has 0 aliphatic rings. The summed E-state index contributed by atoms with van der Waals surface area (Å²) in [6, 6.07) is -0.432. The molecule has 13 heavy (non-hydrogen) atoms. The minimum absolute atomic E-state index is 0.0372. The molecule has 0 saturated carbocycles. The third-order valence-electron chi connectivity index (χ3n) is 2.32. The lowest BCUT2D eigenvalue weighted by molar-refractivity contribution is -0.122. The van der Waals surface area contributed by atoms with E-state index in [1.165, 1.54) is 0 Å². The zero-order valence-corrected chi connectivity index (χ0v) is 9.22. The Morgan fingerprint density at radius 1 is 1.54 bits per heavy atom. The van der Waals surface area contributed by atoms with Gasteiger partial charge in [-0.2, -0.15) is 0 Å². The zero-order chi connectivity index (χ0) is 10.6. The number of amides is 1. The number of nitrogens with zero attached hydrogens (tertiary/aromatic N) is 1. The van der Waals surface area contributed by atoms with Gasteiger partial charge in [-0.05, 0) is 34.9 Å². The first-order chi connectivity index (χ1) is 5.77. The van der Waals surface area contributed by atoms with E-state index in [0.29, 0.717) is 6.54 Å². The standard InChI is InChI=1S/C9H21N3O/c1-7(10)8(13)11-6-9(2,3)12(4)5/h7H,6,10H2,1-5H3,(H,11,13). The molecule has 0 aromatic carbocycles. The maximum atomic E-state index is 11.2. The Kier molecular flexibility index (Phi) is 4.36. The molecule has 0 spiro atoms. The maximum absolute atomic E-state index is 11.2. The van der Waals surface area contributed by atoms with Crippen molar-refractivity contribution in [3.63, 3.8) is 0 Å². The summed E-state index contributed by atoms with van der Waals surface area (Å²) in [5.41, 5.74) is 5.38. The summed E-state index contributed by atoms with van der Waals surface area (Å²) >= 11 is 0. The van der Waals surface area contributed by atoms with E-state index >= 15 is 0 Å². The molecule has 4 heteroatoms. The first-order valence-corrected chi connectivity index (χ1v) is 4.48. The number of likely N-dealkylation sites (N-methyl/N-ethyl adjacent to an activating group) is 1. The molecule has 1 amide bonds. The maximum Gasteiger partial charge on any atom is 0.236 e. The van der Waals surface area contributed by atoms with E-state index in [-0.39, 0.29) is 11.4 Å². The number of nitrogens with one attached hydrogen (secondary N) is 1.